The number of hydrogen-bond acceptors (Lipinski definition) is 2. The molecule has 0 N–H and O–H groups in total. The Balaban J connectivity index is 1.09. The highest BCUT2D eigenvalue weighted by molar-refractivity contribution is 6.26. The first-order valence-corrected chi connectivity index (χ1v) is 22.5. The van der Waals surface area contributed by atoms with Crippen molar-refractivity contribution in [1.29, 1.82) is 0 Å². The van der Waals surface area contributed by atoms with Gasteiger partial charge in [0.2, 0.25) is 0 Å². The van der Waals surface area contributed by atoms with Crippen LogP contribution in [-0.2, 0) is 10.8 Å². The summed E-state index contributed by atoms with van der Waals surface area (Å²) in [4.78, 5) is 2.62. The van der Waals surface area contributed by atoms with Crippen LogP contribution in [0.5, 0.6) is 0 Å². The number of para-hydroxylation sites is 3. The molecule has 3 aliphatic rings. The number of aromatic nitrogens is 1. The average Bonchev–Trinajstić information content (AvgIpc) is 4.10. The van der Waals surface area contributed by atoms with Gasteiger partial charge in [-0.2, -0.15) is 0 Å². The molecule has 2 atom stereocenters. The molecule has 3 heterocycles. The highest BCUT2D eigenvalue weighted by Crippen LogP contribution is 2.65. The van der Waals surface area contributed by atoms with Crippen LogP contribution in [0.4, 0.5) is 11.4 Å². The van der Waals surface area contributed by atoms with Crippen molar-refractivity contribution in [3.63, 3.8) is 0 Å². The molecule has 0 saturated heterocycles. The van der Waals surface area contributed by atoms with Crippen molar-refractivity contribution in [2.45, 2.75) is 50.5 Å². The van der Waals surface area contributed by atoms with Crippen LogP contribution in [0.2, 0.25) is 0 Å². The maximum Gasteiger partial charge on any atom is 0.135 e. The lowest BCUT2D eigenvalue weighted by atomic mass is 9.70. The van der Waals surface area contributed by atoms with Crippen molar-refractivity contribution in [3.8, 4) is 22.3 Å². The molecule has 3 aromatic heterocycles. The zero-order valence-electron chi connectivity index (χ0n) is 35.8. The standard InChI is InChI=1S/C60H44N2O/c1-35-51(31-32-54-55(35)46-20-8-12-26-53(46)63-54)61(37-16-13-15-36(33-37)59(2,3)4)38-27-28-45-50(34-38)60(47-23-9-5-17-39(47)40-18-6-10-24-48(40)60)49-30-29-44-43-22-14-21-42-41-19-7-11-25-52(41)62(57(42)43)58(44)56(45)49/h5-35,51H,1-4H3. The zero-order chi connectivity index (χ0) is 41.9. The summed E-state index contributed by atoms with van der Waals surface area (Å²) >= 11 is 0. The van der Waals surface area contributed by atoms with Gasteiger partial charge in [0.25, 0.3) is 0 Å². The average molecular weight is 809 g/mol. The van der Waals surface area contributed by atoms with Crippen LogP contribution >= 0.6 is 0 Å². The predicted molar refractivity (Wildman–Crippen MR) is 262 cm³/mol. The number of nitrogens with zero attached hydrogens (tertiary/aromatic N) is 2. The van der Waals surface area contributed by atoms with Crippen LogP contribution in [0.15, 0.2) is 180 Å². The van der Waals surface area contributed by atoms with E-state index in [9.17, 15) is 0 Å². The van der Waals surface area contributed by atoms with Gasteiger partial charge in [-0.1, -0.05) is 167 Å². The Morgan fingerprint density at radius 3 is 1.98 bits per heavy atom. The molecule has 0 saturated carbocycles. The normalized spacial score (nSPS) is 17.0. The molecular formula is C60H44N2O. The minimum atomic E-state index is -0.527. The molecule has 0 aliphatic heterocycles. The summed E-state index contributed by atoms with van der Waals surface area (Å²) in [6, 6.07) is 64.3. The van der Waals surface area contributed by atoms with Crippen molar-refractivity contribution >= 4 is 66.5 Å². The fourth-order valence-electron chi connectivity index (χ4n) is 12.4. The van der Waals surface area contributed by atoms with E-state index < -0.39 is 5.41 Å². The smallest absolute Gasteiger partial charge is 0.135 e. The summed E-state index contributed by atoms with van der Waals surface area (Å²) in [5.41, 5.74) is 19.9. The molecule has 63 heavy (non-hydrogen) atoms. The molecule has 8 aromatic carbocycles. The van der Waals surface area contributed by atoms with E-state index in [2.05, 4.69) is 219 Å². The molecular weight excluding hydrogens is 765 g/mol. The summed E-state index contributed by atoms with van der Waals surface area (Å²) in [6.07, 6.45) is 4.60. The van der Waals surface area contributed by atoms with Gasteiger partial charge in [-0.25, -0.2) is 0 Å². The third-order valence-corrected chi connectivity index (χ3v) is 15.1. The third-order valence-electron chi connectivity index (χ3n) is 15.1. The van der Waals surface area contributed by atoms with Crippen molar-refractivity contribution in [3.05, 3.63) is 215 Å². The Hall–Kier alpha value is -7.36. The van der Waals surface area contributed by atoms with E-state index in [1.54, 1.807) is 0 Å². The summed E-state index contributed by atoms with van der Waals surface area (Å²) in [6.45, 7) is 9.32. The monoisotopic (exact) mass is 808 g/mol. The minimum absolute atomic E-state index is 0.0173. The lowest BCUT2D eigenvalue weighted by Crippen LogP contribution is -2.36. The summed E-state index contributed by atoms with van der Waals surface area (Å²) in [5.74, 6) is 1.11. The Bertz CT molecular complexity index is 3730. The highest BCUT2D eigenvalue weighted by Gasteiger charge is 2.53. The van der Waals surface area contributed by atoms with Gasteiger partial charge in [0.15, 0.2) is 0 Å². The highest BCUT2D eigenvalue weighted by atomic mass is 16.3. The number of benzene rings is 8. The van der Waals surface area contributed by atoms with Crippen LogP contribution in [0.3, 0.4) is 0 Å². The number of anilines is 2. The van der Waals surface area contributed by atoms with E-state index in [1.165, 1.54) is 110 Å². The van der Waals surface area contributed by atoms with E-state index in [1.807, 2.05) is 0 Å². The SMILES string of the molecule is CC1c2c(oc3ccccc23)C=CC1N(c1cccc(C(C)(C)C)c1)c1ccc2c(c1)C1(c3ccccc3-c3ccccc31)c1ccc3c4cccc5c6ccccc6n(c3c1-2)c54. The quantitative estimate of drug-likeness (QED) is 0.177. The van der Waals surface area contributed by atoms with E-state index in [-0.39, 0.29) is 17.4 Å². The maximum absolute atomic E-state index is 6.48. The topological polar surface area (TPSA) is 20.8 Å². The van der Waals surface area contributed by atoms with E-state index in [0.717, 1.165) is 11.3 Å². The first kappa shape index (κ1) is 35.3. The molecule has 300 valence electrons. The summed E-state index contributed by atoms with van der Waals surface area (Å²) < 4.78 is 9.07. The zero-order valence-corrected chi connectivity index (χ0v) is 35.8. The molecule has 11 aromatic rings. The molecule has 1 spiro atoms. The molecule has 3 nitrogen and oxygen atoms in total. The van der Waals surface area contributed by atoms with Crippen LogP contribution in [0.25, 0.3) is 77.4 Å². The van der Waals surface area contributed by atoms with Gasteiger partial charge in [0.1, 0.15) is 11.3 Å². The van der Waals surface area contributed by atoms with Crippen LogP contribution in [0.1, 0.15) is 72.8 Å². The van der Waals surface area contributed by atoms with Gasteiger partial charge in [0.05, 0.1) is 28.0 Å². The molecule has 0 fully saturated rings. The van der Waals surface area contributed by atoms with Gasteiger partial charge in [0, 0.05) is 55.4 Å². The fraction of sp³-hybridized carbons (Fsp3) is 0.133. The number of hydrogen-bond donors (Lipinski definition) is 0. The maximum atomic E-state index is 6.48. The van der Waals surface area contributed by atoms with Crippen LogP contribution in [0, 0.1) is 0 Å². The second kappa shape index (κ2) is 12.2. The molecule has 3 heteroatoms. The van der Waals surface area contributed by atoms with Crippen molar-refractivity contribution in [2.75, 3.05) is 4.90 Å². The lowest BCUT2D eigenvalue weighted by molar-refractivity contribution is 0.567. The Kier molecular flexibility index (Phi) is 6.81. The molecule has 0 bridgehead atoms. The molecule has 0 amide bonds. The Morgan fingerprint density at radius 2 is 1.19 bits per heavy atom. The summed E-state index contributed by atoms with van der Waals surface area (Å²) in [5, 5.41) is 6.42. The second-order valence-corrected chi connectivity index (χ2v) is 19.2. The van der Waals surface area contributed by atoms with Gasteiger partial charge in [-0.15, -0.1) is 0 Å². The first-order chi connectivity index (χ1) is 30.8. The van der Waals surface area contributed by atoms with Gasteiger partial charge in [-0.05, 0) is 92.4 Å². The first-order valence-electron chi connectivity index (χ1n) is 22.5. The van der Waals surface area contributed by atoms with E-state index >= 15 is 0 Å². The Labute approximate surface area is 366 Å². The van der Waals surface area contributed by atoms with Gasteiger partial charge in [-0.3, -0.25) is 0 Å². The molecule has 14 rings (SSSR count). The van der Waals surface area contributed by atoms with E-state index in [0.29, 0.717) is 0 Å². The lowest BCUT2D eigenvalue weighted by Gasteiger charge is -2.39. The van der Waals surface area contributed by atoms with Gasteiger partial charge < -0.3 is 13.7 Å². The van der Waals surface area contributed by atoms with Gasteiger partial charge >= 0.3 is 0 Å². The number of furan rings is 1. The largest absolute Gasteiger partial charge is 0.456 e. The van der Waals surface area contributed by atoms with Crippen molar-refractivity contribution in [2.24, 2.45) is 0 Å². The fourth-order valence-corrected chi connectivity index (χ4v) is 12.4. The minimum Gasteiger partial charge on any atom is -0.456 e. The second-order valence-electron chi connectivity index (χ2n) is 19.2. The molecule has 0 radical (unpaired) electrons. The Morgan fingerprint density at radius 1 is 0.540 bits per heavy atom. The number of rotatable bonds is 3. The van der Waals surface area contributed by atoms with Crippen molar-refractivity contribution in [1.82, 2.24) is 4.40 Å². The van der Waals surface area contributed by atoms with Crippen molar-refractivity contribution < 1.29 is 4.42 Å². The summed E-state index contributed by atoms with van der Waals surface area (Å²) in [7, 11) is 0. The third kappa shape index (κ3) is 4.39. The van der Waals surface area contributed by atoms with E-state index in [4.69, 9.17) is 4.42 Å². The number of fused-ring (bicyclic) bond motifs is 20. The van der Waals surface area contributed by atoms with Crippen LogP contribution < -0.4 is 4.90 Å². The molecule has 3 aliphatic carbocycles. The van der Waals surface area contributed by atoms with Crippen LogP contribution in [-0.4, -0.2) is 10.4 Å². The predicted octanol–water partition coefficient (Wildman–Crippen LogP) is 15.6. The molecule has 2 unspecified atom stereocenters.